The van der Waals surface area contributed by atoms with Crippen LogP contribution in [0.4, 0.5) is 5.82 Å². The van der Waals surface area contributed by atoms with Crippen LogP contribution in [0.15, 0.2) is 6.33 Å². The van der Waals surface area contributed by atoms with Crippen molar-refractivity contribution in [3.05, 3.63) is 12.0 Å². The minimum absolute atomic E-state index is 0.400. The fraction of sp³-hybridized carbons (Fsp3) is 0.727. The van der Waals surface area contributed by atoms with E-state index in [2.05, 4.69) is 11.9 Å². The van der Waals surface area contributed by atoms with E-state index in [9.17, 15) is 0 Å². The Morgan fingerprint density at radius 3 is 3.20 bits per heavy atom. The van der Waals surface area contributed by atoms with E-state index in [1.807, 2.05) is 10.9 Å². The van der Waals surface area contributed by atoms with Crippen LogP contribution in [0, 0.1) is 0 Å². The van der Waals surface area contributed by atoms with Crippen molar-refractivity contribution in [2.45, 2.75) is 38.6 Å². The van der Waals surface area contributed by atoms with E-state index in [0.29, 0.717) is 5.92 Å². The molecule has 0 saturated carbocycles. The van der Waals surface area contributed by atoms with Crippen molar-refractivity contribution in [3.8, 4) is 0 Å². The number of aryl methyl sites for hydroxylation is 1. The van der Waals surface area contributed by atoms with E-state index in [1.54, 1.807) is 0 Å². The third-order valence-electron chi connectivity index (χ3n) is 2.92. The molecule has 4 nitrogen and oxygen atoms in total. The van der Waals surface area contributed by atoms with Gasteiger partial charge in [-0.25, -0.2) is 4.98 Å². The van der Waals surface area contributed by atoms with Crippen LogP contribution in [0.2, 0.25) is 0 Å². The normalized spacial score (nSPS) is 21.8. The molecule has 1 aliphatic heterocycles. The maximum absolute atomic E-state index is 6.07. The second kappa shape index (κ2) is 4.66. The minimum atomic E-state index is 0.400. The molecule has 0 aromatic carbocycles. The van der Waals surface area contributed by atoms with E-state index in [0.717, 1.165) is 50.5 Å². The van der Waals surface area contributed by atoms with Crippen molar-refractivity contribution >= 4 is 5.82 Å². The zero-order chi connectivity index (χ0) is 10.7. The van der Waals surface area contributed by atoms with Gasteiger partial charge in [-0.15, -0.1) is 0 Å². The van der Waals surface area contributed by atoms with E-state index in [1.165, 1.54) is 0 Å². The summed E-state index contributed by atoms with van der Waals surface area (Å²) in [7, 11) is 0. The number of nitrogen functional groups attached to an aromatic ring is 1. The summed E-state index contributed by atoms with van der Waals surface area (Å²) in [6.45, 7) is 4.74. The SMILES string of the molecule is CCCn1cnc(C2CCCOC2)c1N. The van der Waals surface area contributed by atoms with Crippen molar-refractivity contribution in [2.75, 3.05) is 18.9 Å². The number of hydrogen-bond donors (Lipinski definition) is 1. The summed E-state index contributed by atoms with van der Waals surface area (Å²) >= 11 is 0. The predicted octanol–water partition coefficient (Wildman–Crippen LogP) is 1.77. The topological polar surface area (TPSA) is 53.1 Å². The molecule has 2 rings (SSSR count). The first kappa shape index (κ1) is 10.5. The Labute approximate surface area is 90.4 Å². The summed E-state index contributed by atoms with van der Waals surface area (Å²) in [5, 5.41) is 0. The highest BCUT2D eigenvalue weighted by Gasteiger charge is 2.21. The quantitative estimate of drug-likeness (QED) is 0.825. The van der Waals surface area contributed by atoms with Gasteiger partial charge in [0, 0.05) is 19.1 Å². The number of imidazole rings is 1. The molecule has 1 aromatic heterocycles. The van der Waals surface area contributed by atoms with Gasteiger partial charge < -0.3 is 15.0 Å². The number of hydrogen-bond acceptors (Lipinski definition) is 3. The summed E-state index contributed by atoms with van der Waals surface area (Å²) < 4.78 is 7.49. The molecule has 0 amide bonds. The Hall–Kier alpha value is -1.03. The van der Waals surface area contributed by atoms with Crippen LogP contribution in [0.5, 0.6) is 0 Å². The Bertz CT molecular complexity index is 316. The van der Waals surface area contributed by atoms with Crippen LogP contribution >= 0.6 is 0 Å². The maximum atomic E-state index is 6.07. The van der Waals surface area contributed by atoms with Crippen LogP contribution in [-0.2, 0) is 11.3 Å². The van der Waals surface area contributed by atoms with Crippen molar-refractivity contribution in [2.24, 2.45) is 0 Å². The summed E-state index contributed by atoms with van der Waals surface area (Å²) in [4.78, 5) is 4.42. The van der Waals surface area contributed by atoms with Gasteiger partial charge in [0.25, 0.3) is 0 Å². The first-order valence-corrected chi connectivity index (χ1v) is 5.71. The van der Waals surface area contributed by atoms with Crippen molar-refractivity contribution < 1.29 is 4.74 Å². The van der Waals surface area contributed by atoms with E-state index >= 15 is 0 Å². The van der Waals surface area contributed by atoms with Gasteiger partial charge in [-0.05, 0) is 19.3 Å². The minimum Gasteiger partial charge on any atom is -0.384 e. The van der Waals surface area contributed by atoms with Gasteiger partial charge in [0.05, 0.1) is 18.6 Å². The molecule has 1 unspecified atom stereocenters. The smallest absolute Gasteiger partial charge is 0.126 e. The average molecular weight is 209 g/mol. The molecule has 1 atom stereocenters. The van der Waals surface area contributed by atoms with Crippen molar-refractivity contribution in [3.63, 3.8) is 0 Å². The summed E-state index contributed by atoms with van der Waals surface area (Å²) in [6.07, 6.45) is 5.20. The van der Waals surface area contributed by atoms with Crippen LogP contribution in [-0.4, -0.2) is 22.8 Å². The third-order valence-corrected chi connectivity index (χ3v) is 2.92. The number of ether oxygens (including phenoxy) is 1. The monoisotopic (exact) mass is 209 g/mol. The molecule has 0 bridgehead atoms. The van der Waals surface area contributed by atoms with Crippen LogP contribution in [0.1, 0.15) is 37.8 Å². The number of aromatic nitrogens is 2. The second-order valence-corrected chi connectivity index (χ2v) is 4.12. The van der Waals surface area contributed by atoms with E-state index in [4.69, 9.17) is 10.5 Å². The Balaban J connectivity index is 2.13. The molecular weight excluding hydrogens is 190 g/mol. The number of rotatable bonds is 3. The first-order chi connectivity index (χ1) is 7.33. The highest BCUT2D eigenvalue weighted by atomic mass is 16.5. The molecule has 2 heterocycles. The standard InChI is InChI=1S/C11H19N3O/c1-2-5-14-8-13-10(11(14)12)9-4-3-6-15-7-9/h8-9H,2-7,12H2,1H3. The highest BCUT2D eigenvalue weighted by Crippen LogP contribution is 2.28. The van der Waals surface area contributed by atoms with Crippen LogP contribution < -0.4 is 5.73 Å². The average Bonchev–Trinajstić information content (AvgIpc) is 2.63. The number of nitrogens with zero attached hydrogens (tertiary/aromatic N) is 2. The zero-order valence-electron chi connectivity index (χ0n) is 9.28. The molecule has 0 radical (unpaired) electrons. The third kappa shape index (κ3) is 2.15. The summed E-state index contributed by atoms with van der Waals surface area (Å²) in [6, 6.07) is 0. The molecule has 1 fully saturated rings. The van der Waals surface area contributed by atoms with Gasteiger partial charge in [0.2, 0.25) is 0 Å². The molecule has 1 saturated heterocycles. The molecule has 0 spiro atoms. The molecule has 0 aliphatic carbocycles. The zero-order valence-corrected chi connectivity index (χ0v) is 9.28. The van der Waals surface area contributed by atoms with E-state index in [-0.39, 0.29) is 0 Å². The number of nitrogens with two attached hydrogens (primary N) is 1. The van der Waals surface area contributed by atoms with Gasteiger partial charge in [-0.3, -0.25) is 0 Å². The fourth-order valence-electron chi connectivity index (χ4n) is 2.10. The number of anilines is 1. The van der Waals surface area contributed by atoms with Gasteiger partial charge in [-0.2, -0.15) is 0 Å². The molecule has 15 heavy (non-hydrogen) atoms. The Morgan fingerprint density at radius 2 is 2.53 bits per heavy atom. The van der Waals surface area contributed by atoms with Gasteiger partial charge in [0.1, 0.15) is 5.82 Å². The first-order valence-electron chi connectivity index (χ1n) is 5.71. The van der Waals surface area contributed by atoms with Gasteiger partial charge in [0.15, 0.2) is 0 Å². The molecule has 84 valence electrons. The lowest BCUT2D eigenvalue weighted by atomic mass is 9.99. The molecule has 4 heteroatoms. The largest absolute Gasteiger partial charge is 0.384 e. The maximum Gasteiger partial charge on any atom is 0.126 e. The Morgan fingerprint density at radius 1 is 1.67 bits per heavy atom. The lowest BCUT2D eigenvalue weighted by Crippen LogP contribution is -2.17. The van der Waals surface area contributed by atoms with Crippen LogP contribution in [0.25, 0.3) is 0 Å². The highest BCUT2D eigenvalue weighted by molar-refractivity contribution is 5.38. The van der Waals surface area contributed by atoms with Gasteiger partial charge >= 0.3 is 0 Å². The van der Waals surface area contributed by atoms with Gasteiger partial charge in [-0.1, -0.05) is 6.92 Å². The summed E-state index contributed by atoms with van der Waals surface area (Å²) in [5.74, 6) is 1.23. The summed E-state index contributed by atoms with van der Waals surface area (Å²) in [5.41, 5.74) is 7.10. The molecule has 1 aromatic rings. The Kier molecular flexibility index (Phi) is 3.26. The lowest BCUT2D eigenvalue weighted by Gasteiger charge is -2.21. The van der Waals surface area contributed by atoms with Crippen molar-refractivity contribution in [1.29, 1.82) is 0 Å². The molecular formula is C11H19N3O. The lowest BCUT2D eigenvalue weighted by molar-refractivity contribution is 0.0796. The molecule has 1 aliphatic rings. The van der Waals surface area contributed by atoms with E-state index < -0.39 is 0 Å². The second-order valence-electron chi connectivity index (χ2n) is 4.12. The van der Waals surface area contributed by atoms with Crippen LogP contribution in [0.3, 0.4) is 0 Å². The molecule has 2 N–H and O–H groups in total. The predicted molar refractivity (Wildman–Crippen MR) is 59.7 cm³/mol. The fourth-order valence-corrected chi connectivity index (χ4v) is 2.10. The van der Waals surface area contributed by atoms with Crippen molar-refractivity contribution in [1.82, 2.24) is 9.55 Å².